The summed E-state index contributed by atoms with van der Waals surface area (Å²) in [5, 5.41) is 3.03. The lowest BCUT2D eigenvalue weighted by molar-refractivity contribution is -0.121. The van der Waals surface area contributed by atoms with Crippen LogP contribution in [0.3, 0.4) is 0 Å². The van der Waals surface area contributed by atoms with Gasteiger partial charge >= 0.3 is 0 Å². The van der Waals surface area contributed by atoms with Crippen molar-refractivity contribution in [2.75, 3.05) is 0 Å². The highest BCUT2D eigenvalue weighted by Gasteiger charge is 2.09. The maximum absolute atomic E-state index is 12.0. The van der Waals surface area contributed by atoms with Crippen LogP contribution in [0.5, 0.6) is 0 Å². The Morgan fingerprint density at radius 3 is 2.53 bits per heavy atom. The predicted octanol–water partition coefficient (Wildman–Crippen LogP) is 3.41. The van der Waals surface area contributed by atoms with E-state index in [0.717, 1.165) is 11.1 Å². The van der Waals surface area contributed by atoms with E-state index in [1.54, 1.807) is 0 Å². The minimum atomic E-state index is 0.0403. The SMILES string of the molecule is Cc1cccc(CC(=O)N[C@@H](C)c2ccccc2)c1. The average Bonchev–Trinajstić information content (AvgIpc) is 2.39. The fourth-order valence-corrected chi connectivity index (χ4v) is 2.13. The van der Waals surface area contributed by atoms with Gasteiger partial charge in [0.15, 0.2) is 0 Å². The van der Waals surface area contributed by atoms with Crippen molar-refractivity contribution in [2.24, 2.45) is 0 Å². The van der Waals surface area contributed by atoms with Crippen LogP contribution in [0, 0.1) is 6.92 Å². The molecule has 0 bridgehead atoms. The van der Waals surface area contributed by atoms with Gasteiger partial charge in [-0.05, 0) is 25.0 Å². The molecule has 1 N–H and O–H groups in total. The zero-order valence-corrected chi connectivity index (χ0v) is 11.4. The van der Waals surface area contributed by atoms with Crippen LogP contribution < -0.4 is 5.32 Å². The third-order valence-electron chi connectivity index (χ3n) is 3.12. The molecule has 0 radical (unpaired) electrons. The third kappa shape index (κ3) is 3.95. The number of benzene rings is 2. The average molecular weight is 253 g/mol. The Labute approximate surface area is 114 Å². The van der Waals surface area contributed by atoms with E-state index in [0.29, 0.717) is 6.42 Å². The van der Waals surface area contributed by atoms with Crippen LogP contribution in [0.25, 0.3) is 0 Å². The third-order valence-corrected chi connectivity index (χ3v) is 3.12. The second kappa shape index (κ2) is 6.19. The Balaban J connectivity index is 1.95. The standard InChI is InChI=1S/C17H19NO/c1-13-7-6-8-15(11-13)12-17(19)18-14(2)16-9-4-3-5-10-16/h3-11,14H,12H2,1-2H3,(H,18,19)/t14-/m0/s1. The quantitative estimate of drug-likeness (QED) is 0.888. The Hall–Kier alpha value is -2.09. The van der Waals surface area contributed by atoms with Crippen LogP contribution in [0.4, 0.5) is 0 Å². The molecule has 0 aliphatic heterocycles. The van der Waals surface area contributed by atoms with Crippen molar-refractivity contribution in [2.45, 2.75) is 26.3 Å². The van der Waals surface area contributed by atoms with E-state index in [4.69, 9.17) is 0 Å². The monoisotopic (exact) mass is 253 g/mol. The van der Waals surface area contributed by atoms with Gasteiger partial charge in [0.05, 0.1) is 12.5 Å². The molecule has 98 valence electrons. The summed E-state index contributed by atoms with van der Waals surface area (Å²) in [7, 11) is 0. The summed E-state index contributed by atoms with van der Waals surface area (Å²) in [5.41, 5.74) is 3.36. The van der Waals surface area contributed by atoms with Crippen LogP contribution in [0.15, 0.2) is 54.6 Å². The molecule has 0 saturated carbocycles. The van der Waals surface area contributed by atoms with E-state index in [1.165, 1.54) is 5.56 Å². The van der Waals surface area contributed by atoms with E-state index >= 15 is 0 Å². The lowest BCUT2D eigenvalue weighted by Gasteiger charge is -2.14. The maximum Gasteiger partial charge on any atom is 0.224 e. The molecule has 2 aromatic carbocycles. The van der Waals surface area contributed by atoms with Gasteiger partial charge in [-0.3, -0.25) is 4.79 Å². The molecule has 0 aliphatic rings. The van der Waals surface area contributed by atoms with Crippen molar-refractivity contribution in [3.63, 3.8) is 0 Å². The van der Waals surface area contributed by atoms with Crippen LogP contribution >= 0.6 is 0 Å². The lowest BCUT2D eigenvalue weighted by Crippen LogP contribution is -2.28. The first kappa shape index (κ1) is 13.3. The second-order valence-corrected chi connectivity index (χ2v) is 4.87. The number of aryl methyl sites for hydroxylation is 1. The van der Waals surface area contributed by atoms with Crippen LogP contribution in [0.1, 0.15) is 29.7 Å². The van der Waals surface area contributed by atoms with Crippen LogP contribution in [0.2, 0.25) is 0 Å². The molecule has 2 heteroatoms. The molecule has 0 fully saturated rings. The number of hydrogen-bond acceptors (Lipinski definition) is 1. The molecule has 0 heterocycles. The summed E-state index contributed by atoms with van der Waals surface area (Å²) in [6, 6.07) is 18.1. The minimum absolute atomic E-state index is 0.0403. The molecule has 19 heavy (non-hydrogen) atoms. The number of carbonyl (C=O) groups is 1. The molecule has 0 saturated heterocycles. The zero-order valence-electron chi connectivity index (χ0n) is 11.4. The van der Waals surface area contributed by atoms with Gasteiger partial charge < -0.3 is 5.32 Å². The summed E-state index contributed by atoms with van der Waals surface area (Å²) in [5.74, 6) is 0.0574. The van der Waals surface area contributed by atoms with E-state index in [1.807, 2.05) is 68.4 Å². The molecular formula is C17H19NO. The van der Waals surface area contributed by atoms with Gasteiger partial charge in [-0.15, -0.1) is 0 Å². The maximum atomic E-state index is 12.0. The van der Waals surface area contributed by atoms with Crippen LogP contribution in [-0.2, 0) is 11.2 Å². The van der Waals surface area contributed by atoms with Crippen molar-refractivity contribution < 1.29 is 4.79 Å². The Kier molecular flexibility index (Phi) is 4.35. The van der Waals surface area contributed by atoms with Gasteiger partial charge in [-0.1, -0.05) is 60.2 Å². The number of hydrogen-bond donors (Lipinski definition) is 1. The highest BCUT2D eigenvalue weighted by molar-refractivity contribution is 5.79. The molecule has 1 amide bonds. The lowest BCUT2D eigenvalue weighted by atomic mass is 10.1. The van der Waals surface area contributed by atoms with Crippen LogP contribution in [-0.4, -0.2) is 5.91 Å². The minimum Gasteiger partial charge on any atom is -0.349 e. The predicted molar refractivity (Wildman–Crippen MR) is 77.9 cm³/mol. The zero-order chi connectivity index (χ0) is 13.7. The van der Waals surface area contributed by atoms with E-state index in [2.05, 4.69) is 5.32 Å². The highest BCUT2D eigenvalue weighted by atomic mass is 16.1. The highest BCUT2D eigenvalue weighted by Crippen LogP contribution is 2.12. The largest absolute Gasteiger partial charge is 0.349 e. The first-order chi connectivity index (χ1) is 9.15. The fourth-order valence-electron chi connectivity index (χ4n) is 2.13. The Morgan fingerprint density at radius 1 is 1.11 bits per heavy atom. The molecule has 0 spiro atoms. The number of amides is 1. The number of rotatable bonds is 4. The summed E-state index contributed by atoms with van der Waals surface area (Å²) >= 11 is 0. The van der Waals surface area contributed by atoms with Crippen molar-refractivity contribution in [1.82, 2.24) is 5.32 Å². The molecule has 0 unspecified atom stereocenters. The van der Waals surface area contributed by atoms with Gasteiger partial charge in [-0.2, -0.15) is 0 Å². The number of nitrogens with one attached hydrogen (secondary N) is 1. The van der Waals surface area contributed by atoms with Gasteiger partial charge in [0.1, 0.15) is 0 Å². The molecule has 1 atom stereocenters. The number of carbonyl (C=O) groups excluding carboxylic acids is 1. The molecule has 0 aromatic heterocycles. The van der Waals surface area contributed by atoms with E-state index in [-0.39, 0.29) is 11.9 Å². The molecule has 0 aliphatic carbocycles. The molecular weight excluding hydrogens is 234 g/mol. The Morgan fingerprint density at radius 2 is 1.84 bits per heavy atom. The van der Waals surface area contributed by atoms with E-state index < -0.39 is 0 Å². The van der Waals surface area contributed by atoms with E-state index in [9.17, 15) is 4.79 Å². The van der Waals surface area contributed by atoms with Gasteiger partial charge in [0.2, 0.25) is 5.91 Å². The summed E-state index contributed by atoms with van der Waals surface area (Å²) < 4.78 is 0. The molecule has 2 nitrogen and oxygen atoms in total. The summed E-state index contributed by atoms with van der Waals surface area (Å²) in [6.07, 6.45) is 0.429. The van der Waals surface area contributed by atoms with Gasteiger partial charge in [0.25, 0.3) is 0 Å². The van der Waals surface area contributed by atoms with Crippen molar-refractivity contribution >= 4 is 5.91 Å². The van der Waals surface area contributed by atoms with Gasteiger partial charge in [0, 0.05) is 0 Å². The first-order valence-electron chi connectivity index (χ1n) is 6.55. The molecule has 2 rings (SSSR count). The summed E-state index contributed by atoms with van der Waals surface area (Å²) in [4.78, 5) is 12.0. The second-order valence-electron chi connectivity index (χ2n) is 4.87. The van der Waals surface area contributed by atoms with Gasteiger partial charge in [-0.25, -0.2) is 0 Å². The van der Waals surface area contributed by atoms with Crippen molar-refractivity contribution in [1.29, 1.82) is 0 Å². The van der Waals surface area contributed by atoms with Crippen molar-refractivity contribution in [3.05, 3.63) is 71.3 Å². The molecule has 2 aromatic rings. The Bertz CT molecular complexity index is 548. The fraction of sp³-hybridized carbons (Fsp3) is 0.235. The topological polar surface area (TPSA) is 29.1 Å². The van der Waals surface area contributed by atoms with Crippen molar-refractivity contribution in [3.8, 4) is 0 Å². The smallest absolute Gasteiger partial charge is 0.224 e. The summed E-state index contributed by atoms with van der Waals surface area (Å²) in [6.45, 7) is 4.04. The first-order valence-corrected chi connectivity index (χ1v) is 6.55. The normalized spacial score (nSPS) is 11.9.